The second kappa shape index (κ2) is 15.4. The van der Waals surface area contributed by atoms with Crippen LogP contribution in [-0.4, -0.2) is 87.5 Å². The van der Waals surface area contributed by atoms with Gasteiger partial charge in [-0.05, 0) is 32.7 Å². The van der Waals surface area contributed by atoms with Gasteiger partial charge in [-0.15, -0.1) is 0 Å². The monoisotopic (exact) mass is 479 g/mol. The molecule has 32 heavy (non-hydrogen) atoms. The molecule has 0 rings (SSSR count). The summed E-state index contributed by atoms with van der Waals surface area (Å²) in [5, 5.41) is 34.5. The van der Waals surface area contributed by atoms with E-state index in [0.717, 1.165) is 0 Å². The van der Waals surface area contributed by atoms with Crippen molar-refractivity contribution in [1.82, 2.24) is 16.0 Å². The molecule has 5 unspecified atom stereocenters. The van der Waals surface area contributed by atoms with Gasteiger partial charge in [-0.3, -0.25) is 19.2 Å². The topological polar surface area (TPSA) is 234 Å². The van der Waals surface area contributed by atoms with Crippen LogP contribution in [0.4, 0.5) is 0 Å². The number of rotatable bonds is 16. The Hall–Kier alpha value is -2.42. The minimum atomic E-state index is -1.56. The molecule has 0 aliphatic carbocycles. The largest absolute Gasteiger partial charge is 0.481 e. The normalized spacial score (nSPS) is 15.5. The van der Waals surface area contributed by atoms with Crippen molar-refractivity contribution >= 4 is 42.3 Å². The summed E-state index contributed by atoms with van der Waals surface area (Å²) in [6, 6.07) is -5.16. The summed E-state index contributed by atoms with van der Waals surface area (Å²) < 4.78 is 0. The molecular weight excluding hydrogens is 446 g/mol. The first-order chi connectivity index (χ1) is 14.9. The molecule has 0 radical (unpaired) electrons. The Labute approximate surface area is 191 Å². The number of hydrogen-bond donors (Lipinski definition) is 9. The molecule has 184 valence electrons. The van der Waals surface area contributed by atoms with Crippen molar-refractivity contribution in [2.45, 2.75) is 69.3 Å². The molecule has 0 aromatic heterocycles. The maximum Gasteiger partial charge on any atom is 0.326 e. The first kappa shape index (κ1) is 29.6. The number of hydrogen-bond acceptors (Lipinski definition) is 9. The van der Waals surface area contributed by atoms with E-state index in [-0.39, 0.29) is 5.75 Å². The summed E-state index contributed by atoms with van der Waals surface area (Å²) in [5.74, 6) is -5.35. The van der Waals surface area contributed by atoms with Crippen LogP contribution in [0.25, 0.3) is 0 Å². The van der Waals surface area contributed by atoms with Gasteiger partial charge in [0.15, 0.2) is 0 Å². The molecule has 0 saturated carbocycles. The van der Waals surface area contributed by atoms with Gasteiger partial charge in [0.1, 0.15) is 18.1 Å². The number of amides is 3. The number of unbranched alkanes of at least 4 members (excludes halogenated alkanes) is 1. The molecule has 3 amide bonds. The van der Waals surface area contributed by atoms with E-state index in [2.05, 4.69) is 28.6 Å². The van der Waals surface area contributed by atoms with Crippen LogP contribution in [0.3, 0.4) is 0 Å². The third-order valence-electron chi connectivity index (χ3n) is 4.45. The van der Waals surface area contributed by atoms with Crippen molar-refractivity contribution in [2.75, 3.05) is 12.3 Å². The summed E-state index contributed by atoms with van der Waals surface area (Å²) >= 11 is 4.01. The fourth-order valence-electron chi connectivity index (χ4n) is 2.56. The highest BCUT2D eigenvalue weighted by Crippen LogP contribution is 2.03. The number of carbonyl (C=O) groups is 5. The Balaban J connectivity index is 5.09. The number of nitrogens with one attached hydrogen (secondary N) is 3. The predicted octanol–water partition coefficient (Wildman–Crippen LogP) is -2.84. The lowest BCUT2D eigenvalue weighted by Gasteiger charge is -2.26. The summed E-state index contributed by atoms with van der Waals surface area (Å²) in [6.45, 7) is 1.65. The van der Waals surface area contributed by atoms with E-state index in [1.165, 1.54) is 6.92 Å². The number of carbonyl (C=O) groups excluding carboxylic acids is 3. The van der Waals surface area contributed by atoms with E-state index in [4.69, 9.17) is 21.7 Å². The van der Waals surface area contributed by atoms with Crippen molar-refractivity contribution in [3.05, 3.63) is 0 Å². The van der Waals surface area contributed by atoms with Crippen molar-refractivity contribution in [1.29, 1.82) is 0 Å². The Morgan fingerprint density at radius 1 is 0.906 bits per heavy atom. The van der Waals surface area contributed by atoms with Crippen molar-refractivity contribution < 1.29 is 39.3 Å². The summed E-state index contributed by atoms with van der Waals surface area (Å²) in [7, 11) is 0. The number of aliphatic hydroxyl groups excluding tert-OH is 1. The molecule has 0 aromatic carbocycles. The summed E-state index contributed by atoms with van der Waals surface area (Å²) in [6.07, 6.45) is -0.666. The Morgan fingerprint density at radius 3 is 1.97 bits per heavy atom. The Bertz CT molecular complexity index is 663. The van der Waals surface area contributed by atoms with Crippen molar-refractivity contribution in [3.63, 3.8) is 0 Å². The third kappa shape index (κ3) is 11.3. The van der Waals surface area contributed by atoms with E-state index in [0.29, 0.717) is 25.8 Å². The fraction of sp³-hybridized carbons (Fsp3) is 0.722. The van der Waals surface area contributed by atoms with E-state index < -0.39 is 72.8 Å². The average molecular weight is 480 g/mol. The molecule has 0 fully saturated rings. The smallest absolute Gasteiger partial charge is 0.326 e. The second-order valence-corrected chi connectivity index (χ2v) is 7.56. The molecule has 0 aromatic rings. The highest BCUT2D eigenvalue weighted by atomic mass is 32.1. The van der Waals surface area contributed by atoms with Crippen molar-refractivity contribution in [3.8, 4) is 0 Å². The lowest BCUT2D eigenvalue weighted by atomic mass is 10.1. The van der Waals surface area contributed by atoms with E-state index >= 15 is 0 Å². The van der Waals surface area contributed by atoms with Crippen LogP contribution in [0.5, 0.6) is 0 Å². The minimum absolute atomic E-state index is 0.141. The molecular formula is C18H33N5O8S. The van der Waals surface area contributed by atoms with Gasteiger partial charge in [0.25, 0.3) is 0 Å². The number of carboxylic acids is 2. The van der Waals surface area contributed by atoms with Gasteiger partial charge >= 0.3 is 11.9 Å². The zero-order chi connectivity index (χ0) is 24.8. The molecule has 0 bridgehead atoms. The van der Waals surface area contributed by atoms with Crippen LogP contribution < -0.4 is 27.4 Å². The highest BCUT2D eigenvalue weighted by molar-refractivity contribution is 7.80. The van der Waals surface area contributed by atoms with Crippen LogP contribution in [0.15, 0.2) is 0 Å². The summed E-state index contributed by atoms with van der Waals surface area (Å²) in [5.41, 5.74) is 11.2. The first-order valence-electron chi connectivity index (χ1n) is 10.0. The van der Waals surface area contributed by atoms with Crippen molar-refractivity contribution in [2.24, 2.45) is 11.5 Å². The van der Waals surface area contributed by atoms with Crippen LogP contribution in [0, 0.1) is 0 Å². The molecule has 0 spiro atoms. The second-order valence-electron chi connectivity index (χ2n) is 7.19. The van der Waals surface area contributed by atoms with Gasteiger partial charge in [-0.2, -0.15) is 12.6 Å². The molecule has 10 N–H and O–H groups in total. The van der Waals surface area contributed by atoms with Gasteiger partial charge in [0, 0.05) is 12.2 Å². The van der Waals surface area contributed by atoms with E-state index in [9.17, 15) is 29.1 Å². The number of thiol groups is 1. The van der Waals surface area contributed by atoms with Gasteiger partial charge in [0.2, 0.25) is 17.7 Å². The lowest BCUT2D eigenvalue weighted by Crippen LogP contribution is -2.60. The maximum atomic E-state index is 12.5. The van der Waals surface area contributed by atoms with Crippen LogP contribution in [0.2, 0.25) is 0 Å². The van der Waals surface area contributed by atoms with E-state index in [1.807, 2.05) is 0 Å². The zero-order valence-corrected chi connectivity index (χ0v) is 18.7. The molecule has 0 heterocycles. The van der Waals surface area contributed by atoms with Crippen LogP contribution in [-0.2, 0) is 24.0 Å². The zero-order valence-electron chi connectivity index (χ0n) is 17.8. The maximum absolute atomic E-state index is 12.5. The molecule has 13 nitrogen and oxygen atoms in total. The molecule has 0 aliphatic rings. The van der Waals surface area contributed by atoms with Gasteiger partial charge < -0.3 is 42.7 Å². The highest BCUT2D eigenvalue weighted by Gasteiger charge is 2.32. The number of aliphatic carboxylic acids is 2. The van der Waals surface area contributed by atoms with E-state index in [1.54, 1.807) is 0 Å². The number of carboxylic acid groups (broad SMARTS) is 2. The van der Waals surface area contributed by atoms with Gasteiger partial charge in [0.05, 0.1) is 12.1 Å². The predicted molar refractivity (Wildman–Crippen MR) is 117 cm³/mol. The molecule has 5 atom stereocenters. The van der Waals surface area contributed by atoms with Gasteiger partial charge in [-0.25, -0.2) is 4.79 Å². The molecule has 0 saturated heterocycles. The molecule has 0 aliphatic heterocycles. The van der Waals surface area contributed by atoms with Gasteiger partial charge in [-0.1, -0.05) is 6.42 Å². The third-order valence-corrected chi connectivity index (χ3v) is 4.81. The molecule has 14 heteroatoms. The Kier molecular flexibility index (Phi) is 14.2. The number of aliphatic hydroxyl groups is 1. The Morgan fingerprint density at radius 2 is 1.50 bits per heavy atom. The standard InChI is InChI=1S/C18H33N5O8S/c1-9(24)14(17(29)21-11(18(30)31)5-6-13(25)26)23-16(28)12(8-32)22-15(27)10(20)4-2-3-7-19/h9-12,14,24,32H,2-8,19-20H2,1H3,(H,21,29)(H,22,27)(H,23,28)(H,25,26)(H,30,31). The average Bonchev–Trinajstić information content (AvgIpc) is 2.71. The fourth-order valence-corrected chi connectivity index (χ4v) is 2.82. The van der Waals surface area contributed by atoms with Crippen LogP contribution in [0.1, 0.15) is 39.0 Å². The lowest BCUT2D eigenvalue weighted by molar-refractivity contribution is -0.144. The first-order valence-corrected chi connectivity index (χ1v) is 10.7. The summed E-state index contributed by atoms with van der Waals surface area (Å²) in [4.78, 5) is 59.1. The quantitative estimate of drug-likeness (QED) is 0.0812. The number of nitrogens with two attached hydrogens (primary N) is 2. The minimum Gasteiger partial charge on any atom is -0.481 e. The SMILES string of the molecule is CC(O)C(NC(=O)C(CS)NC(=O)C(N)CCCCN)C(=O)NC(CCC(=O)O)C(=O)O. The van der Waals surface area contributed by atoms with Crippen LogP contribution >= 0.6 is 12.6 Å².